The predicted molar refractivity (Wildman–Crippen MR) is 101 cm³/mol. The Hall–Kier alpha value is -3.47. The first-order valence-electron chi connectivity index (χ1n) is 8.44. The Morgan fingerprint density at radius 1 is 1.17 bits per heavy atom. The fraction of sp³-hybridized carbons (Fsp3) is 0.167. The summed E-state index contributed by atoms with van der Waals surface area (Å²) < 4.78 is 52.4. The first kappa shape index (κ1) is 18.9. The van der Waals surface area contributed by atoms with Gasteiger partial charge in [-0.25, -0.2) is 17.6 Å². The number of fused-ring (bicyclic) bond motifs is 1. The first-order chi connectivity index (χ1) is 13.7. The van der Waals surface area contributed by atoms with Gasteiger partial charge in [0.2, 0.25) is 5.89 Å². The molecule has 0 aliphatic carbocycles. The second-order valence-corrected chi connectivity index (χ2v) is 8.06. The van der Waals surface area contributed by atoms with E-state index in [9.17, 15) is 17.6 Å². The lowest BCUT2D eigenvalue weighted by Crippen LogP contribution is -2.16. The van der Waals surface area contributed by atoms with Crippen molar-refractivity contribution in [1.82, 2.24) is 14.7 Å². The topological polar surface area (TPSA) is 120 Å². The lowest BCUT2D eigenvalue weighted by molar-refractivity contribution is 0.385. The number of oxazole rings is 1. The molecule has 0 aliphatic heterocycles. The fourth-order valence-electron chi connectivity index (χ4n) is 2.86. The fourth-order valence-corrected chi connectivity index (χ4v) is 4.00. The van der Waals surface area contributed by atoms with E-state index in [4.69, 9.17) is 8.94 Å². The van der Waals surface area contributed by atoms with E-state index in [0.29, 0.717) is 17.0 Å². The lowest BCUT2D eigenvalue weighted by Gasteiger charge is -2.10. The predicted octanol–water partition coefficient (Wildman–Crippen LogP) is 2.58. The van der Waals surface area contributed by atoms with Crippen molar-refractivity contribution in [2.24, 2.45) is 0 Å². The number of sulfonamides is 1. The van der Waals surface area contributed by atoms with Crippen molar-refractivity contribution >= 4 is 26.8 Å². The van der Waals surface area contributed by atoms with Crippen LogP contribution >= 0.6 is 0 Å². The van der Waals surface area contributed by atoms with Gasteiger partial charge in [-0.3, -0.25) is 9.29 Å². The summed E-state index contributed by atoms with van der Waals surface area (Å²) in [6, 6.07) is 7.77. The molecule has 0 fully saturated rings. The van der Waals surface area contributed by atoms with E-state index in [2.05, 4.69) is 14.9 Å². The third-order valence-electron chi connectivity index (χ3n) is 4.25. The summed E-state index contributed by atoms with van der Waals surface area (Å²) >= 11 is 0. The van der Waals surface area contributed by atoms with Crippen LogP contribution in [0.5, 0.6) is 0 Å². The van der Waals surface area contributed by atoms with Gasteiger partial charge in [-0.1, -0.05) is 5.16 Å². The normalized spacial score (nSPS) is 11.8. The second kappa shape index (κ2) is 6.85. The number of benzene rings is 2. The Bertz CT molecular complexity index is 1390. The number of nitrogens with zero attached hydrogens (tertiary/aromatic N) is 3. The minimum atomic E-state index is -3.98. The summed E-state index contributed by atoms with van der Waals surface area (Å²) in [6.07, 6.45) is 0. The Morgan fingerprint density at radius 3 is 2.66 bits per heavy atom. The number of anilines is 1. The molecule has 11 heteroatoms. The van der Waals surface area contributed by atoms with Gasteiger partial charge in [0.25, 0.3) is 10.0 Å². The largest absolute Gasteiger partial charge is 0.420 e. The Morgan fingerprint density at radius 2 is 1.97 bits per heavy atom. The van der Waals surface area contributed by atoms with E-state index in [1.807, 2.05) is 0 Å². The smallest absolute Gasteiger partial charge is 0.408 e. The van der Waals surface area contributed by atoms with Crippen molar-refractivity contribution in [1.29, 1.82) is 0 Å². The van der Waals surface area contributed by atoms with Gasteiger partial charge in [0.15, 0.2) is 11.4 Å². The van der Waals surface area contributed by atoms with Crippen LogP contribution in [0.25, 0.3) is 11.1 Å². The van der Waals surface area contributed by atoms with Gasteiger partial charge in [-0.15, -0.1) is 0 Å². The lowest BCUT2D eigenvalue weighted by atomic mass is 10.2. The summed E-state index contributed by atoms with van der Waals surface area (Å²) in [5, 5.41) is 3.74. The van der Waals surface area contributed by atoms with Crippen molar-refractivity contribution < 1.29 is 21.7 Å². The third kappa shape index (κ3) is 3.63. The highest BCUT2D eigenvalue weighted by atomic mass is 32.2. The standard InChI is InChI=1S/C18H15FN4O5S/c1-10-7-12(19)3-5-14(10)22-29(25,26)13-4-6-15-16(8-13)27-18(24)23(15)9-17-20-11(2)28-21-17/h3-8,22H,9H2,1-2H3. The summed E-state index contributed by atoms with van der Waals surface area (Å²) in [5.41, 5.74) is 1.16. The molecule has 2 aromatic heterocycles. The van der Waals surface area contributed by atoms with Crippen LogP contribution in [0, 0.1) is 19.7 Å². The zero-order valence-corrected chi connectivity index (χ0v) is 16.2. The van der Waals surface area contributed by atoms with Gasteiger partial charge >= 0.3 is 5.76 Å². The van der Waals surface area contributed by atoms with Gasteiger partial charge in [0, 0.05) is 13.0 Å². The van der Waals surface area contributed by atoms with Crippen LogP contribution in [0.15, 0.2) is 55.0 Å². The number of nitrogens with one attached hydrogen (secondary N) is 1. The third-order valence-corrected chi connectivity index (χ3v) is 5.62. The number of aromatic nitrogens is 3. The van der Waals surface area contributed by atoms with E-state index in [-0.39, 0.29) is 28.5 Å². The van der Waals surface area contributed by atoms with Crippen LogP contribution in [0.1, 0.15) is 17.3 Å². The second-order valence-electron chi connectivity index (χ2n) is 6.38. The van der Waals surface area contributed by atoms with Gasteiger partial charge < -0.3 is 8.94 Å². The van der Waals surface area contributed by atoms with Gasteiger partial charge in [-0.05, 0) is 42.8 Å². The molecule has 0 unspecified atom stereocenters. The zero-order chi connectivity index (χ0) is 20.8. The molecule has 4 rings (SSSR count). The van der Waals surface area contributed by atoms with E-state index in [0.717, 1.165) is 6.07 Å². The minimum absolute atomic E-state index is 0.0162. The number of aryl methyl sites for hydroxylation is 2. The summed E-state index contributed by atoms with van der Waals surface area (Å²) in [7, 11) is -3.98. The first-order valence-corrected chi connectivity index (χ1v) is 9.93. The van der Waals surface area contributed by atoms with Crippen molar-refractivity contribution in [3.8, 4) is 0 Å². The van der Waals surface area contributed by atoms with E-state index in [1.54, 1.807) is 13.8 Å². The molecule has 0 atom stereocenters. The highest BCUT2D eigenvalue weighted by molar-refractivity contribution is 7.92. The van der Waals surface area contributed by atoms with Crippen LogP contribution in [0.4, 0.5) is 10.1 Å². The molecule has 0 saturated carbocycles. The Labute approximate surface area is 163 Å². The van der Waals surface area contributed by atoms with E-state index >= 15 is 0 Å². The molecule has 9 nitrogen and oxygen atoms in total. The Kier molecular flexibility index (Phi) is 4.46. The van der Waals surface area contributed by atoms with Gasteiger partial charge in [-0.2, -0.15) is 4.98 Å². The molecule has 0 radical (unpaired) electrons. The average Bonchev–Trinajstić information content (AvgIpc) is 3.20. The molecular formula is C18H15FN4O5S. The maximum atomic E-state index is 13.2. The van der Waals surface area contributed by atoms with Crippen LogP contribution in [-0.4, -0.2) is 23.1 Å². The molecule has 0 bridgehead atoms. The van der Waals surface area contributed by atoms with Gasteiger partial charge in [0.1, 0.15) is 5.82 Å². The van der Waals surface area contributed by atoms with E-state index < -0.39 is 21.6 Å². The molecular weight excluding hydrogens is 403 g/mol. The van der Waals surface area contributed by atoms with Crippen LogP contribution in [0.3, 0.4) is 0 Å². The molecule has 0 saturated heterocycles. The minimum Gasteiger partial charge on any atom is -0.408 e. The number of halogens is 1. The van der Waals surface area contributed by atoms with Crippen LogP contribution in [0.2, 0.25) is 0 Å². The molecule has 0 spiro atoms. The SMILES string of the molecule is Cc1nc(Cn2c(=O)oc3cc(S(=O)(=O)Nc4ccc(F)cc4C)ccc32)no1. The molecule has 0 aliphatic rings. The van der Waals surface area contributed by atoms with Crippen molar-refractivity contribution in [3.05, 3.63) is 70.0 Å². The van der Waals surface area contributed by atoms with Crippen molar-refractivity contribution in [2.75, 3.05) is 4.72 Å². The Balaban J connectivity index is 1.69. The maximum Gasteiger partial charge on any atom is 0.420 e. The quantitative estimate of drug-likeness (QED) is 0.529. The molecule has 4 aromatic rings. The molecule has 150 valence electrons. The highest BCUT2D eigenvalue weighted by Gasteiger charge is 2.19. The van der Waals surface area contributed by atoms with Crippen molar-refractivity contribution in [2.45, 2.75) is 25.3 Å². The molecule has 2 heterocycles. The van der Waals surface area contributed by atoms with Gasteiger partial charge in [0.05, 0.1) is 22.6 Å². The maximum absolute atomic E-state index is 13.2. The monoisotopic (exact) mass is 418 g/mol. The highest BCUT2D eigenvalue weighted by Crippen LogP contribution is 2.23. The molecule has 1 N–H and O–H groups in total. The number of rotatable bonds is 5. The van der Waals surface area contributed by atoms with Crippen LogP contribution in [-0.2, 0) is 16.6 Å². The van der Waals surface area contributed by atoms with E-state index in [1.165, 1.54) is 34.9 Å². The van der Waals surface area contributed by atoms with Crippen molar-refractivity contribution in [3.63, 3.8) is 0 Å². The zero-order valence-electron chi connectivity index (χ0n) is 15.3. The molecule has 0 amide bonds. The summed E-state index contributed by atoms with van der Waals surface area (Å²) in [4.78, 5) is 16.1. The molecule has 2 aromatic carbocycles. The number of hydrogen-bond donors (Lipinski definition) is 1. The van der Waals surface area contributed by atoms with Crippen LogP contribution < -0.4 is 10.5 Å². The summed E-state index contributed by atoms with van der Waals surface area (Å²) in [5.74, 6) is -0.500. The average molecular weight is 418 g/mol. The molecule has 29 heavy (non-hydrogen) atoms. The number of hydrogen-bond acceptors (Lipinski definition) is 7. The summed E-state index contributed by atoms with van der Waals surface area (Å²) in [6.45, 7) is 3.23.